The number of carbonyl (C=O) groups is 1. The number of rotatable bonds is 0. The largest absolute Gasteiger partial charge is 0.331 e. The first kappa shape index (κ1) is 5.69. The molecule has 1 aliphatic heterocycles. The summed E-state index contributed by atoms with van der Waals surface area (Å²) in [6, 6.07) is 0. The maximum atomic E-state index is 10.6. The van der Waals surface area contributed by atoms with Gasteiger partial charge >= 0.3 is 0 Å². The molecule has 2 nitrogen and oxygen atoms in total. The smallest absolute Gasteiger partial charge is 0.237 e. The first-order chi connectivity index (χ1) is 3.80. The molecule has 1 atom stereocenters. The molecule has 1 unspecified atom stereocenters. The Hall–Kier alpha value is -0.440. The zero-order chi connectivity index (χ0) is 5.98. The van der Waals surface area contributed by atoms with Gasteiger partial charge in [-0.25, -0.2) is 0 Å². The van der Waals surface area contributed by atoms with Crippen molar-refractivity contribution < 1.29 is 4.79 Å². The Bertz CT molecular complexity index is 132. The molecule has 0 fully saturated rings. The molecule has 0 bridgehead atoms. The Kier molecular flexibility index (Phi) is 1.58. The highest BCUT2D eigenvalue weighted by atomic mass is 32.2. The average molecular weight is 129 g/mol. The number of amides is 1. The van der Waals surface area contributed by atoms with Crippen LogP contribution in [0.2, 0.25) is 0 Å². The molecule has 1 aliphatic rings. The van der Waals surface area contributed by atoms with E-state index in [1.165, 1.54) is 11.8 Å². The van der Waals surface area contributed by atoms with Crippen LogP contribution in [-0.2, 0) is 4.79 Å². The number of hydrogen-bond acceptors (Lipinski definition) is 2. The predicted molar refractivity (Wildman–Crippen MR) is 34.3 cm³/mol. The van der Waals surface area contributed by atoms with Crippen LogP contribution in [0.3, 0.4) is 0 Å². The van der Waals surface area contributed by atoms with E-state index < -0.39 is 0 Å². The highest BCUT2D eigenvalue weighted by molar-refractivity contribution is 8.03. The lowest BCUT2D eigenvalue weighted by molar-refractivity contribution is -0.119. The van der Waals surface area contributed by atoms with E-state index in [9.17, 15) is 4.79 Å². The predicted octanol–water partition coefficient (Wildman–Crippen LogP) is 0.709. The minimum atomic E-state index is 0.0833. The monoisotopic (exact) mass is 129 g/mol. The molecule has 1 amide bonds. The second kappa shape index (κ2) is 2.22. The summed E-state index contributed by atoms with van der Waals surface area (Å²) < 4.78 is 0. The van der Waals surface area contributed by atoms with Crippen molar-refractivity contribution in [3.8, 4) is 0 Å². The first-order valence-electron chi connectivity index (χ1n) is 2.41. The number of nitrogens with one attached hydrogen (secondary N) is 1. The molecule has 0 spiro atoms. The van der Waals surface area contributed by atoms with E-state index in [2.05, 4.69) is 5.32 Å². The summed E-state index contributed by atoms with van der Waals surface area (Å²) >= 11 is 1.53. The minimum absolute atomic E-state index is 0.0833. The Morgan fingerprint density at radius 1 is 1.88 bits per heavy atom. The van der Waals surface area contributed by atoms with Crippen molar-refractivity contribution >= 4 is 17.7 Å². The summed E-state index contributed by atoms with van der Waals surface area (Å²) in [4.78, 5) is 10.6. The van der Waals surface area contributed by atoms with Crippen LogP contribution in [0.5, 0.6) is 0 Å². The molecule has 0 saturated heterocycles. The molecule has 0 aromatic rings. The Morgan fingerprint density at radius 2 is 2.62 bits per heavy atom. The summed E-state index contributed by atoms with van der Waals surface area (Å²) in [6.07, 6.45) is 1.66. The quantitative estimate of drug-likeness (QED) is 0.522. The van der Waals surface area contributed by atoms with Gasteiger partial charge in [0.25, 0.3) is 0 Å². The van der Waals surface area contributed by atoms with E-state index in [1.54, 1.807) is 6.20 Å². The summed E-state index contributed by atoms with van der Waals surface area (Å²) in [7, 11) is 0. The van der Waals surface area contributed by atoms with Crippen LogP contribution < -0.4 is 5.32 Å². The fraction of sp³-hybridized carbons (Fsp3) is 0.400. The van der Waals surface area contributed by atoms with Crippen molar-refractivity contribution in [3.63, 3.8) is 0 Å². The van der Waals surface area contributed by atoms with Gasteiger partial charge in [0.05, 0.1) is 5.25 Å². The maximum Gasteiger partial charge on any atom is 0.237 e. The molecule has 0 radical (unpaired) electrons. The van der Waals surface area contributed by atoms with E-state index >= 15 is 0 Å². The maximum absolute atomic E-state index is 10.6. The van der Waals surface area contributed by atoms with Gasteiger partial charge in [-0.2, -0.15) is 0 Å². The third kappa shape index (κ3) is 1.04. The van der Waals surface area contributed by atoms with Gasteiger partial charge in [0.1, 0.15) is 0 Å². The Morgan fingerprint density at radius 3 is 3.00 bits per heavy atom. The van der Waals surface area contributed by atoms with Crippen LogP contribution in [0.1, 0.15) is 6.92 Å². The average Bonchev–Trinajstić information content (AvgIpc) is 1.77. The van der Waals surface area contributed by atoms with Crippen molar-refractivity contribution in [2.24, 2.45) is 0 Å². The van der Waals surface area contributed by atoms with Crippen LogP contribution >= 0.6 is 11.8 Å². The molecular weight excluding hydrogens is 122 g/mol. The molecule has 1 rings (SSSR count). The molecule has 1 heterocycles. The van der Waals surface area contributed by atoms with Crippen LogP contribution in [-0.4, -0.2) is 11.2 Å². The third-order valence-corrected chi connectivity index (χ3v) is 1.86. The highest BCUT2D eigenvalue weighted by Gasteiger charge is 2.12. The molecule has 3 heteroatoms. The van der Waals surface area contributed by atoms with E-state index in [0.717, 1.165) is 0 Å². The molecular formula is C5H7NOS. The van der Waals surface area contributed by atoms with Gasteiger partial charge in [0.15, 0.2) is 0 Å². The molecule has 0 aromatic heterocycles. The van der Waals surface area contributed by atoms with Crippen molar-refractivity contribution in [1.29, 1.82) is 0 Å². The summed E-state index contributed by atoms with van der Waals surface area (Å²) in [5.74, 6) is 0.0949. The molecule has 0 saturated carbocycles. The lowest BCUT2D eigenvalue weighted by Gasteiger charge is -2.10. The van der Waals surface area contributed by atoms with Gasteiger partial charge in [-0.15, -0.1) is 11.8 Å². The molecule has 0 aromatic carbocycles. The zero-order valence-corrected chi connectivity index (χ0v) is 5.37. The van der Waals surface area contributed by atoms with Crippen LogP contribution in [0.15, 0.2) is 11.6 Å². The van der Waals surface area contributed by atoms with Crippen molar-refractivity contribution in [1.82, 2.24) is 5.32 Å². The Balaban J connectivity index is 2.57. The van der Waals surface area contributed by atoms with E-state index in [1.807, 2.05) is 12.3 Å². The summed E-state index contributed by atoms with van der Waals surface area (Å²) in [5, 5.41) is 4.56. The minimum Gasteiger partial charge on any atom is -0.331 e. The van der Waals surface area contributed by atoms with Gasteiger partial charge in [0.2, 0.25) is 5.91 Å². The van der Waals surface area contributed by atoms with Gasteiger partial charge in [-0.1, -0.05) is 0 Å². The standard InChI is InChI=1S/C5H7NOS/c1-4-5(7)6-2-3-8-4/h2-4H,1H3,(H,6,7). The second-order valence-corrected chi connectivity index (χ2v) is 2.84. The first-order valence-corrected chi connectivity index (χ1v) is 3.36. The number of hydrogen-bond donors (Lipinski definition) is 1. The van der Waals surface area contributed by atoms with Gasteiger partial charge in [-0.05, 0) is 12.3 Å². The van der Waals surface area contributed by atoms with Crippen LogP contribution in [0.4, 0.5) is 0 Å². The summed E-state index contributed by atoms with van der Waals surface area (Å²) in [5.41, 5.74) is 0. The fourth-order valence-electron chi connectivity index (χ4n) is 0.452. The molecule has 8 heavy (non-hydrogen) atoms. The normalized spacial score (nSPS) is 27.6. The summed E-state index contributed by atoms with van der Waals surface area (Å²) in [6.45, 7) is 1.88. The third-order valence-electron chi connectivity index (χ3n) is 0.946. The molecule has 1 N–H and O–H groups in total. The lowest BCUT2D eigenvalue weighted by Crippen LogP contribution is -2.28. The SMILES string of the molecule is CC1SC=CNC1=O. The highest BCUT2D eigenvalue weighted by Crippen LogP contribution is 2.13. The van der Waals surface area contributed by atoms with E-state index in [-0.39, 0.29) is 11.2 Å². The van der Waals surface area contributed by atoms with Gasteiger partial charge in [-0.3, -0.25) is 4.79 Å². The number of thioether (sulfide) groups is 1. The van der Waals surface area contributed by atoms with E-state index in [0.29, 0.717) is 0 Å². The van der Waals surface area contributed by atoms with Crippen LogP contribution in [0.25, 0.3) is 0 Å². The fourth-order valence-corrected chi connectivity index (χ4v) is 1.03. The van der Waals surface area contributed by atoms with E-state index in [4.69, 9.17) is 0 Å². The zero-order valence-electron chi connectivity index (χ0n) is 4.55. The lowest BCUT2D eigenvalue weighted by atomic mass is 10.4. The molecule has 0 aliphatic carbocycles. The topological polar surface area (TPSA) is 29.1 Å². The van der Waals surface area contributed by atoms with Crippen LogP contribution in [0, 0.1) is 0 Å². The van der Waals surface area contributed by atoms with Crippen molar-refractivity contribution in [2.75, 3.05) is 0 Å². The van der Waals surface area contributed by atoms with Crippen molar-refractivity contribution in [3.05, 3.63) is 11.6 Å². The van der Waals surface area contributed by atoms with Gasteiger partial charge < -0.3 is 5.32 Å². The number of carbonyl (C=O) groups excluding carboxylic acids is 1. The molecule has 44 valence electrons. The second-order valence-electron chi connectivity index (χ2n) is 1.59. The van der Waals surface area contributed by atoms with Crippen molar-refractivity contribution in [2.45, 2.75) is 12.2 Å². The van der Waals surface area contributed by atoms with Gasteiger partial charge in [0, 0.05) is 6.20 Å². The Labute approximate surface area is 52.3 Å².